The van der Waals surface area contributed by atoms with Crippen LogP contribution in [0.4, 0.5) is 11.5 Å². The second kappa shape index (κ2) is 16.1. The predicted octanol–water partition coefficient (Wildman–Crippen LogP) is 5.41. The lowest BCUT2D eigenvalue weighted by Gasteiger charge is -2.35. The number of nitrogens with zero attached hydrogens (tertiary/aromatic N) is 7. The Morgan fingerprint density at radius 3 is 2.64 bits per heavy atom. The van der Waals surface area contributed by atoms with Crippen molar-refractivity contribution in [3.63, 3.8) is 0 Å². The molecule has 1 saturated heterocycles. The number of hydrogen-bond donors (Lipinski definition) is 2. The van der Waals surface area contributed by atoms with Crippen LogP contribution in [0.15, 0.2) is 65.3 Å². The van der Waals surface area contributed by atoms with E-state index in [0.29, 0.717) is 51.4 Å². The van der Waals surface area contributed by atoms with Gasteiger partial charge in [0.05, 0.1) is 43.6 Å². The molecule has 1 aliphatic carbocycles. The Labute approximate surface area is 334 Å². The average Bonchev–Trinajstić information content (AvgIpc) is 3.84. The van der Waals surface area contributed by atoms with Crippen molar-refractivity contribution < 1.29 is 19.1 Å². The molecule has 15 heteroatoms. The number of halogens is 1. The molecule has 0 saturated carbocycles. The van der Waals surface area contributed by atoms with Gasteiger partial charge in [0, 0.05) is 60.6 Å². The normalized spacial score (nSPS) is 18.8. The minimum absolute atomic E-state index is 0.0201. The highest BCUT2D eigenvalue weighted by Gasteiger charge is 2.33. The number of allylic oxidation sites excluding steroid dienone is 4. The SMILES string of the molecule is Cc1sc2c(c1C)C(C1=CCC(Cl)C=C1)=N[C@@H](CC(=O)NCCOCCC(=O)N1CCN(c3ccc(-c4ccc5c(c4)CC(=O)N5)cn3)CC1)c1nnc(C)n1-2. The molecule has 4 aliphatic rings. The van der Waals surface area contributed by atoms with E-state index in [-0.39, 0.29) is 49.2 Å². The number of carbonyl (C=O) groups is 3. The molecule has 13 nitrogen and oxygen atoms in total. The maximum atomic E-state index is 13.3. The van der Waals surface area contributed by atoms with E-state index < -0.39 is 6.04 Å². The van der Waals surface area contributed by atoms with Gasteiger partial charge in [0.25, 0.3) is 0 Å². The van der Waals surface area contributed by atoms with E-state index in [4.69, 9.17) is 26.3 Å². The van der Waals surface area contributed by atoms with Gasteiger partial charge >= 0.3 is 0 Å². The number of nitrogens with one attached hydrogen (secondary N) is 2. The van der Waals surface area contributed by atoms with Gasteiger partial charge in [0.15, 0.2) is 5.82 Å². The lowest BCUT2D eigenvalue weighted by atomic mass is 9.95. The summed E-state index contributed by atoms with van der Waals surface area (Å²) in [5, 5.41) is 15.7. The highest BCUT2D eigenvalue weighted by Crippen LogP contribution is 2.40. The minimum atomic E-state index is -0.538. The zero-order chi connectivity index (χ0) is 38.9. The van der Waals surface area contributed by atoms with Crippen molar-refractivity contribution in [3.8, 4) is 16.1 Å². The summed E-state index contributed by atoms with van der Waals surface area (Å²) in [5.41, 5.74) is 7.92. The van der Waals surface area contributed by atoms with Crippen molar-refractivity contribution >= 4 is 57.9 Å². The zero-order valence-electron chi connectivity index (χ0n) is 31.7. The Balaban J connectivity index is 0.790. The van der Waals surface area contributed by atoms with Crippen LogP contribution in [0.25, 0.3) is 16.1 Å². The second-order valence-electron chi connectivity index (χ2n) is 14.5. The summed E-state index contributed by atoms with van der Waals surface area (Å²) in [4.78, 5) is 53.1. The lowest BCUT2D eigenvalue weighted by molar-refractivity contribution is -0.132. The quantitative estimate of drug-likeness (QED) is 0.152. The first-order valence-corrected chi connectivity index (χ1v) is 20.3. The molecule has 4 aromatic rings. The summed E-state index contributed by atoms with van der Waals surface area (Å²) in [6, 6.07) is 9.49. The fraction of sp³-hybridized carbons (Fsp3) is 0.390. The summed E-state index contributed by atoms with van der Waals surface area (Å²) in [6.07, 6.45) is 9.46. The van der Waals surface area contributed by atoms with Gasteiger partial charge in [-0.3, -0.25) is 23.9 Å². The number of thiophene rings is 1. The maximum absolute atomic E-state index is 13.3. The number of fused-ring (bicyclic) bond motifs is 4. The zero-order valence-corrected chi connectivity index (χ0v) is 33.3. The van der Waals surface area contributed by atoms with Gasteiger partial charge in [0.1, 0.15) is 22.7 Å². The molecule has 1 unspecified atom stereocenters. The Morgan fingerprint density at radius 1 is 1.05 bits per heavy atom. The van der Waals surface area contributed by atoms with Crippen molar-refractivity contribution in [2.24, 2.45) is 4.99 Å². The molecule has 290 valence electrons. The van der Waals surface area contributed by atoms with Crippen LogP contribution >= 0.6 is 22.9 Å². The monoisotopic (exact) mass is 793 g/mol. The van der Waals surface area contributed by atoms with Gasteiger partial charge in [-0.1, -0.05) is 24.3 Å². The summed E-state index contributed by atoms with van der Waals surface area (Å²) in [6.45, 7) is 9.61. The number of piperazine rings is 1. The molecular weight excluding hydrogens is 750 g/mol. The number of aromatic nitrogens is 4. The fourth-order valence-corrected chi connectivity index (χ4v) is 8.94. The van der Waals surface area contributed by atoms with Crippen molar-refractivity contribution in [2.75, 3.05) is 56.2 Å². The Bertz CT molecular complexity index is 2270. The first-order chi connectivity index (χ1) is 27.1. The molecule has 3 aromatic heterocycles. The number of hydrogen-bond acceptors (Lipinski definition) is 10. The van der Waals surface area contributed by atoms with Crippen LogP contribution in [-0.2, 0) is 25.5 Å². The highest BCUT2D eigenvalue weighted by atomic mass is 35.5. The Morgan fingerprint density at radius 2 is 1.88 bits per heavy atom. The van der Waals surface area contributed by atoms with Crippen LogP contribution < -0.4 is 15.5 Å². The third kappa shape index (κ3) is 7.78. The largest absolute Gasteiger partial charge is 0.379 e. The van der Waals surface area contributed by atoms with E-state index in [1.165, 1.54) is 4.88 Å². The number of ether oxygens (including phenoxy) is 1. The fourth-order valence-electron chi connectivity index (χ4n) is 7.56. The van der Waals surface area contributed by atoms with E-state index >= 15 is 0 Å². The van der Waals surface area contributed by atoms with Gasteiger partial charge in [-0.15, -0.1) is 33.1 Å². The Hall–Kier alpha value is -5.18. The summed E-state index contributed by atoms with van der Waals surface area (Å²) in [5.74, 6) is 2.16. The van der Waals surface area contributed by atoms with Crippen LogP contribution in [-0.4, -0.2) is 99.4 Å². The minimum Gasteiger partial charge on any atom is -0.379 e. The van der Waals surface area contributed by atoms with Crippen LogP contribution in [0, 0.1) is 20.8 Å². The molecule has 8 rings (SSSR count). The van der Waals surface area contributed by atoms with Crippen molar-refractivity contribution in [1.82, 2.24) is 30.0 Å². The number of anilines is 2. The first kappa shape index (κ1) is 37.7. The summed E-state index contributed by atoms with van der Waals surface area (Å²) >= 11 is 8.05. The van der Waals surface area contributed by atoms with E-state index in [9.17, 15) is 14.4 Å². The molecule has 2 atom stereocenters. The topological polar surface area (TPSA) is 147 Å². The smallest absolute Gasteiger partial charge is 0.228 e. The molecule has 1 fully saturated rings. The number of aryl methyl sites for hydroxylation is 2. The first-order valence-electron chi connectivity index (χ1n) is 19.0. The third-order valence-corrected chi connectivity index (χ3v) is 12.3. The van der Waals surface area contributed by atoms with E-state index in [0.717, 1.165) is 61.4 Å². The molecule has 3 amide bonds. The van der Waals surface area contributed by atoms with E-state index in [2.05, 4.69) is 45.7 Å². The van der Waals surface area contributed by atoms with Crippen molar-refractivity contribution in [1.29, 1.82) is 0 Å². The standard InChI is InChI=1S/C41H44ClN9O4S/c1-24-25(2)56-41-38(24)39(27-4-8-31(42)9-5-27)46-33(40-48-47-26(3)51(40)41)22-35(52)43-13-19-55-18-12-37(54)50-16-14-49(15-17-50)34-11-7-29(23-44-34)28-6-10-32-30(20-28)21-36(53)45-32/h4-8,10-11,20,23,31,33H,9,12-19,21-22H2,1-3H3,(H,43,52)(H,45,53)/t31?,33-/m0/s1. The van der Waals surface area contributed by atoms with Crippen molar-refractivity contribution in [2.45, 2.75) is 57.9 Å². The molecule has 0 bridgehead atoms. The highest BCUT2D eigenvalue weighted by molar-refractivity contribution is 7.15. The summed E-state index contributed by atoms with van der Waals surface area (Å²) in [7, 11) is 0. The number of amides is 3. The van der Waals surface area contributed by atoms with Crippen LogP contribution in [0.1, 0.15) is 58.5 Å². The van der Waals surface area contributed by atoms with Crippen LogP contribution in [0.3, 0.4) is 0 Å². The maximum Gasteiger partial charge on any atom is 0.228 e. The Kier molecular flexibility index (Phi) is 10.9. The lowest BCUT2D eigenvalue weighted by Crippen LogP contribution is -2.49. The van der Waals surface area contributed by atoms with Crippen LogP contribution in [0.5, 0.6) is 0 Å². The number of pyridine rings is 1. The van der Waals surface area contributed by atoms with Gasteiger partial charge in [-0.2, -0.15) is 0 Å². The summed E-state index contributed by atoms with van der Waals surface area (Å²) < 4.78 is 7.81. The molecule has 0 radical (unpaired) electrons. The second-order valence-corrected chi connectivity index (χ2v) is 16.2. The molecule has 56 heavy (non-hydrogen) atoms. The molecule has 3 aliphatic heterocycles. The molecule has 2 N–H and O–H groups in total. The van der Waals surface area contributed by atoms with E-state index in [1.54, 1.807) is 11.3 Å². The van der Waals surface area contributed by atoms with Gasteiger partial charge in [-0.05, 0) is 73.7 Å². The van der Waals surface area contributed by atoms with Gasteiger partial charge in [0.2, 0.25) is 17.7 Å². The number of aliphatic imine (C=N–C) groups is 1. The number of rotatable bonds is 11. The van der Waals surface area contributed by atoms with Crippen molar-refractivity contribution in [3.05, 3.63) is 93.5 Å². The number of carbonyl (C=O) groups excluding carboxylic acids is 3. The molecule has 6 heterocycles. The van der Waals surface area contributed by atoms with Gasteiger partial charge < -0.3 is 25.2 Å². The van der Waals surface area contributed by atoms with Gasteiger partial charge in [-0.25, -0.2) is 4.98 Å². The average molecular weight is 794 g/mol. The number of alkyl halides is 1. The third-order valence-electron chi connectivity index (χ3n) is 10.7. The molecule has 0 spiro atoms. The van der Waals surface area contributed by atoms with Crippen LogP contribution in [0.2, 0.25) is 0 Å². The van der Waals surface area contributed by atoms with E-state index in [1.807, 2.05) is 65.1 Å². The molecular formula is C41H44ClN9O4S. The molecule has 1 aromatic carbocycles. The predicted molar refractivity (Wildman–Crippen MR) is 218 cm³/mol. The number of benzene rings is 1.